The molecule has 1 aromatic heterocycles. The van der Waals surface area contributed by atoms with Crippen molar-refractivity contribution >= 4 is 5.91 Å². The predicted molar refractivity (Wildman–Crippen MR) is 81.4 cm³/mol. The van der Waals surface area contributed by atoms with Crippen LogP contribution in [0.2, 0.25) is 0 Å². The van der Waals surface area contributed by atoms with Gasteiger partial charge in [-0.25, -0.2) is 0 Å². The normalized spacial score (nSPS) is 16.4. The van der Waals surface area contributed by atoms with E-state index in [2.05, 4.69) is 10.4 Å². The van der Waals surface area contributed by atoms with E-state index in [9.17, 15) is 9.59 Å². The summed E-state index contributed by atoms with van der Waals surface area (Å²) in [7, 11) is 0. The summed E-state index contributed by atoms with van der Waals surface area (Å²) in [5.41, 5.74) is 2.46. The van der Waals surface area contributed by atoms with E-state index in [0.717, 1.165) is 16.8 Å². The molecule has 0 bridgehead atoms. The molecular weight excluding hydrogens is 266 g/mol. The number of H-pyrrole nitrogens is 1. The van der Waals surface area contributed by atoms with Crippen molar-refractivity contribution in [3.8, 4) is 11.3 Å². The lowest BCUT2D eigenvalue weighted by atomic mass is 9.95. The molecule has 5 heteroatoms. The summed E-state index contributed by atoms with van der Waals surface area (Å²) in [6.45, 7) is 6.38. The van der Waals surface area contributed by atoms with Gasteiger partial charge >= 0.3 is 0 Å². The third-order valence-corrected chi connectivity index (χ3v) is 3.85. The van der Waals surface area contributed by atoms with Crippen LogP contribution in [-0.2, 0) is 13.0 Å². The largest absolute Gasteiger partial charge is 0.345 e. The second-order valence-electron chi connectivity index (χ2n) is 6.09. The minimum absolute atomic E-state index is 0.0764. The Morgan fingerprint density at radius 2 is 1.86 bits per heavy atom. The Morgan fingerprint density at radius 1 is 1.19 bits per heavy atom. The minimum atomic E-state index is -0.438. The van der Waals surface area contributed by atoms with Gasteiger partial charge in [0.05, 0.1) is 17.8 Å². The fourth-order valence-electron chi connectivity index (χ4n) is 2.97. The Kier molecular flexibility index (Phi) is 3.01. The summed E-state index contributed by atoms with van der Waals surface area (Å²) in [6.07, 6.45) is 0.633. The van der Waals surface area contributed by atoms with Crippen molar-refractivity contribution in [2.45, 2.75) is 39.3 Å². The first kappa shape index (κ1) is 13.7. The summed E-state index contributed by atoms with van der Waals surface area (Å²) in [5, 5.41) is 5.93. The van der Waals surface area contributed by atoms with E-state index in [0.29, 0.717) is 18.5 Å². The Bertz CT molecular complexity index is 768. The van der Waals surface area contributed by atoms with Gasteiger partial charge in [0.1, 0.15) is 0 Å². The number of amides is 1. The Balaban J connectivity index is 2.37. The van der Waals surface area contributed by atoms with Gasteiger partial charge in [-0.05, 0) is 26.3 Å². The Morgan fingerprint density at radius 3 is 2.52 bits per heavy atom. The molecule has 1 aliphatic rings. The minimum Gasteiger partial charge on any atom is -0.345 e. The van der Waals surface area contributed by atoms with Crippen molar-refractivity contribution in [2.75, 3.05) is 0 Å². The molecule has 0 atom stereocenters. The molecule has 21 heavy (non-hydrogen) atoms. The molecule has 3 rings (SSSR count). The van der Waals surface area contributed by atoms with Gasteiger partial charge in [0.2, 0.25) is 0 Å². The molecule has 2 N–H and O–H groups in total. The highest BCUT2D eigenvalue weighted by Crippen LogP contribution is 2.29. The van der Waals surface area contributed by atoms with Crippen molar-refractivity contribution < 1.29 is 4.79 Å². The number of hydrogen-bond acceptors (Lipinski definition) is 2. The summed E-state index contributed by atoms with van der Waals surface area (Å²) in [6, 6.07) is 7.42. The van der Waals surface area contributed by atoms with Gasteiger partial charge in [0.15, 0.2) is 0 Å². The van der Waals surface area contributed by atoms with Crippen LogP contribution in [-0.4, -0.2) is 21.2 Å². The van der Waals surface area contributed by atoms with Crippen molar-refractivity contribution in [1.82, 2.24) is 15.1 Å². The molecule has 0 spiro atoms. The zero-order chi connectivity index (χ0) is 15.2. The monoisotopic (exact) mass is 285 g/mol. The van der Waals surface area contributed by atoms with E-state index in [1.807, 2.05) is 43.7 Å². The molecule has 0 saturated carbocycles. The standard InChI is InChI=1S/C16H19N3O2/c1-4-10-13-11-7-5-6-8-12(11)14(20)17-16(2,3)9-19(13)18-15(10)21/h5-8H,4,9H2,1-3H3,(H,17,20)(H,18,21). The maximum absolute atomic E-state index is 12.5. The molecule has 0 fully saturated rings. The number of rotatable bonds is 1. The lowest BCUT2D eigenvalue weighted by Crippen LogP contribution is -2.48. The number of fused-ring (bicyclic) bond motifs is 3. The molecule has 110 valence electrons. The van der Waals surface area contributed by atoms with E-state index in [4.69, 9.17) is 0 Å². The van der Waals surface area contributed by atoms with Gasteiger partial charge in [-0.15, -0.1) is 0 Å². The topological polar surface area (TPSA) is 66.9 Å². The molecule has 1 aliphatic heterocycles. The average molecular weight is 285 g/mol. The highest BCUT2D eigenvalue weighted by Gasteiger charge is 2.30. The maximum atomic E-state index is 12.5. The van der Waals surface area contributed by atoms with Crippen molar-refractivity contribution in [3.63, 3.8) is 0 Å². The van der Waals surface area contributed by atoms with Crippen molar-refractivity contribution in [1.29, 1.82) is 0 Å². The third-order valence-electron chi connectivity index (χ3n) is 3.85. The number of carbonyl (C=O) groups is 1. The van der Waals surface area contributed by atoms with Crippen LogP contribution >= 0.6 is 0 Å². The van der Waals surface area contributed by atoms with Crippen LogP contribution in [0.25, 0.3) is 11.3 Å². The average Bonchev–Trinajstić information content (AvgIpc) is 2.71. The van der Waals surface area contributed by atoms with Crippen LogP contribution in [0, 0.1) is 0 Å². The number of aromatic nitrogens is 2. The molecule has 0 saturated heterocycles. The molecular formula is C16H19N3O2. The lowest BCUT2D eigenvalue weighted by Gasteiger charge is -2.30. The maximum Gasteiger partial charge on any atom is 0.267 e. The summed E-state index contributed by atoms with van der Waals surface area (Å²) in [5.74, 6) is -0.0995. The van der Waals surface area contributed by atoms with Crippen molar-refractivity contribution in [2.24, 2.45) is 0 Å². The van der Waals surface area contributed by atoms with E-state index in [1.165, 1.54) is 0 Å². The molecule has 0 aliphatic carbocycles. The molecule has 1 amide bonds. The van der Waals surface area contributed by atoms with Gasteiger partial charge in [-0.1, -0.05) is 25.1 Å². The molecule has 2 aromatic rings. The van der Waals surface area contributed by atoms with Crippen LogP contribution in [0.3, 0.4) is 0 Å². The summed E-state index contributed by atoms with van der Waals surface area (Å²) < 4.78 is 1.86. The van der Waals surface area contributed by atoms with Crippen LogP contribution in [0.1, 0.15) is 36.7 Å². The number of benzene rings is 1. The lowest BCUT2D eigenvalue weighted by molar-refractivity contribution is 0.0902. The molecule has 0 unspecified atom stereocenters. The van der Waals surface area contributed by atoms with Gasteiger partial charge in [-0.2, -0.15) is 0 Å². The first-order valence-corrected chi connectivity index (χ1v) is 7.16. The first-order chi connectivity index (χ1) is 9.93. The van der Waals surface area contributed by atoms with Crippen LogP contribution < -0.4 is 10.9 Å². The van der Waals surface area contributed by atoms with Crippen LogP contribution in [0.15, 0.2) is 29.1 Å². The predicted octanol–water partition coefficient (Wildman–Crippen LogP) is 1.93. The van der Waals surface area contributed by atoms with Crippen LogP contribution in [0.4, 0.5) is 0 Å². The van der Waals surface area contributed by atoms with Gasteiger partial charge < -0.3 is 5.32 Å². The molecule has 5 nitrogen and oxygen atoms in total. The fraction of sp³-hybridized carbons (Fsp3) is 0.375. The number of hydrogen-bond donors (Lipinski definition) is 2. The van der Waals surface area contributed by atoms with Crippen LogP contribution in [0.5, 0.6) is 0 Å². The van der Waals surface area contributed by atoms with Gasteiger partial charge in [0.25, 0.3) is 11.5 Å². The van der Waals surface area contributed by atoms with Gasteiger partial charge in [-0.3, -0.25) is 19.4 Å². The van der Waals surface area contributed by atoms with E-state index >= 15 is 0 Å². The third kappa shape index (κ3) is 2.18. The van der Waals surface area contributed by atoms with E-state index < -0.39 is 5.54 Å². The fourth-order valence-corrected chi connectivity index (χ4v) is 2.97. The number of nitrogens with zero attached hydrogens (tertiary/aromatic N) is 1. The Labute approximate surface area is 123 Å². The second kappa shape index (κ2) is 4.62. The zero-order valence-corrected chi connectivity index (χ0v) is 12.5. The number of carbonyl (C=O) groups excluding carboxylic acids is 1. The quantitative estimate of drug-likeness (QED) is 0.840. The van der Waals surface area contributed by atoms with Gasteiger partial charge in [0, 0.05) is 16.7 Å². The molecule has 1 aromatic carbocycles. The summed E-state index contributed by atoms with van der Waals surface area (Å²) in [4.78, 5) is 24.7. The molecule has 2 heterocycles. The smallest absolute Gasteiger partial charge is 0.267 e. The Hall–Kier alpha value is -2.30. The molecule has 0 radical (unpaired) electrons. The highest BCUT2D eigenvalue weighted by atomic mass is 16.2. The van der Waals surface area contributed by atoms with E-state index in [1.54, 1.807) is 6.07 Å². The number of aromatic amines is 1. The SMILES string of the molecule is CCc1c2n([nH]c1=O)CC(C)(C)NC(=O)c1ccccc1-2. The number of nitrogens with one attached hydrogen (secondary N) is 2. The van der Waals surface area contributed by atoms with Crippen molar-refractivity contribution in [3.05, 3.63) is 45.7 Å². The first-order valence-electron chi connectivity index (χ1n) is 7.16. The van der Waals surface area contributed by atoms with E-state index in [-0.39, 0.29) is 11.5 Å². The highest BCUT2D eigenvalue weighted by molar-refractivity contribution is 6.01. The second-order valence-corrected chi connectivity index (χ2v) is 6.09. The zero-order valence-electron chi connectivity index (χ0n) is 12.5. The summed E-state index contributed by atoms with van der Waals surface area (Å²) >= 11 is 0.